The van der Waals surface area contributed by atoms with E-state index in [1.165, 1.54) is 11.4 Å². The Morgan fingerprint density at radius 3 is 2.67 bits per heavy atom. The van der Waals surface area contributed by atoms with Crippen molar-refractivity contribution in [2.75, 3.05) is 6.54 Å². The summed E-state index contributed by atoms with van der Waals surface area (Å²) in [6.45, 7) is 2.73. The van der Waals surface area contributed by atoms with Crippen molar-refractivity contribution in [2.24, 2.45) is 5.14 Å². The molecular weight excluding hydrogens is 272 g/mol. The number of amides is 1. The molecule has 0 aromatic carbocycles. The Morgan fingerprint density at radius 1 is 1.39 bits per heavy atom. The van der Waals surface area contributed by atoms with E-state index in [2.05, 4.69) is 12.2 Å². The van der Waals surface area contributed by atoms with Gasteiger partial charge in [0.25, 0.3) is 5.91 Å². The molecule has 0 saturated heterocycles. The molecule has 0 atom stereocenters. The molecule has 0 spiro atoms. The summed E-state index contributed by atoms with van der Waals surface area (Å²) in [5.41, 5.74) is 0.347. The standard InChI is InChI=1S/C11H18N2O3S2/c1-2-3-4-5-6-13-11(14)9-7-10(17-8-9)18(12,15)16/h7-8H,2-6H2,1H3,(H,13,14)(H2,12,15,16). The Bertz CT molecular complexity index is 494. The van der Waals surface area contributed by atoms with Gasteiger partial charge >= 0.3 is 0 Å². The highest BCUT2D eigenvalue weighted by Gasteiger charge is 2.14. The zero-order valence-electron chi connectivity index (χ0n) is 10.3. The number of nitrogens with one attached hydrogen (secondary N) is 1. The molecule has 7 heteroatoms. The van der Waals surface area contributed by atoms with Gasteiger partial charge in [-0.1, -0.05) is 26.2 Å². The molecule has 0 saturated carbocycles. The first kappa shape index (κ1) is 15.1. The second kappa shape index (κ2) is 6.86. The highest BCUT2D eigenvalue weighted by atomic mass is 32.2. The number of carbonyl (C=O) groups excluding carboxylic acids is 1. The van der Waals surface area contributed by atoms with Crippen molar-refractivity contribution in [1.82, 2.24) is 5.32 Å². The van der Waals surface area contributed by atoms with E-state index in [4.69, 9.17) is 5.14 Å². The van der Waals surface area contributed by atoms with Gasteiger partial charge in [0.05, 0.1) is 5.56 Å². The van der Waals surface area contributed by atoms with Crippen LogP contribution in [-0.2, 0) is 10.0 Å². The van der Waals surface area contributed by atoms with Crippen LogP contribution in [0.4, 0.5) is 0 Å². The number of sulfonamides is 1. The molecule has 0 bridgehead atoms. The molecule has 0 radical (unpaired) electrons. The van der Waals surface area contributed by atoms with Crippen LogP contribution in [0.15, 0.2) is 15.7 Å². The van der Waals surface area contributed by atoms with Crippen LogP contribution in [0.2, 0.25) is 0 Å². The van der Waals surface area contributed by atoms with E-state index in [-0.39, 0.29) is 10.1 Å². The Balaban J connectivity index is 2.45. The summed E-state index contributed by atoms with van der Waals surface area (Å²) in [7, 11) is -3.71. The maximum Gasteiger partial charge on any atom is 0.252 e. The van der Waals surface area contributed by atoms with E-state index in [0.29, 0.717) is 12.1 Å². The van der Waals surface area contributed by atoms with Crippen LogP contribution in [-0.4, -0.2) is 20.9 Å². The number of hydrogen-bond donors (Lipinski definition) is 2. The predicted octanol–water partition coefficient (Wildman–Crippen LogP) is 1.71. The first-order valence-electron chi connectivity index (χ1n) is 5.84. The van der Waals surface area contributed by atoms with Crippen LogP contribution in [0.25, 0.3) is 0 Å². The molecule has 1 amide bonds. The molecule has 1 rings (SSSR count). The second-order valence-electron chi connectivity index (χ2n) is 4.02. The number of rotatable bonds is 7. The molecule has 18 heavy (non-hydrogen) atoms. The first-order chi connectivity index (χ1) is 8.45. The third-order valence-electron chi connectivity index (χ3n) is 2.43. The summed E-state index contributed by atoms with van der Waals surface area (Å²) in [5, 5.41) is 9.23. The van der Waals surface area contributed by atoms with E-state index in [0.717, 1.165) is 37.0 Å². The largest absolute Gasteiger partial charge is 0.352 e. The summed E-state index contributed by atoms with van der Waals surface area (Å²) in [6, 6.07) is 1.31. The second-order valence-corrected chi connectivity index (χ2v) is 6.72. The van der Waals surface area contributed by atoms with Crippen LogP contribution in [0.5, 0.6) is 0 Å². The lowest BCUT2D eigenvalue weighted by Crippen LogP contribution is -2.24. The number of thiophene rings is 1. The van der Waals surface area contributed by atoms with Gasteiger partial charge in [0, 0.05) is 11.9 Å². The van der Waals surface area contributed by atoms with Crippen molar-refractivity contribution in [3.63, 3.8) is 0 Å². The molecule has 0 aliphatic carbocycles. The SMILES string of the molecule is CCCCCCNC(=O)c1csc(S(N)(=O)=O)c1. The third kappa shape index (κ3) is 4.75. The minimum atomic E-state index is -3.71. The van der Waals surface area contributed by atoms with E-state index in [9.17, 15) is 13.2 Å². The Hall–Kier alpha value is -0.920. The van der Waals surface area contributed by atoms with Crippen LogP contribution in [0, 0.1) is 0 Å². The zero-order chi connectivity index (χ0) is 13.6. The first-order valence-corrected chi connectivity index (χ1v) is 8.27. The van der Waals surface area contributed by atoms with Crippen molar-refractivity contribution in [3.8, 4) is 0 Å². The molecule has 102 valence electrons. The van der Waals surface area contributed by atoms with E-state index >= 15 is 0 Å². The molecule has 0 aliphatic heterocycles. The van der Waals surface area contributed by atoms with Gasteiger partial charge in [-0.2, -0.15) is 0 Å². The Morgan fingerprint density at radius 2 is 2.11 bits per heavy atom. The molecule has 1 aromatic rings. The van der Waals surface area contributed by atoms with Gasteiger partial charge in [-0.3, -0.25) is 4.79 Å². The minimum Gasteiger partial charge on any atom is -0.352 e. The van der Waals surface area contributed by atoms with E-state index < -0.39 is 10.0 Å². The lowest BCUT2D eigenvalue weighted by Gasteiger charge is -2.02. The number of carbonyl (C=O) groups is 1. The number of unbranched alkanes of at least 4 members (excludes halogenated alkanes) is 3. The highest BCUT2D eigenvalue weighted by molar-refractivity contribution is 7.91. The number of hydrogen-bond acceptors (Lipinski definition) is 4. The quantitative estimate of drug-likeness (QED) is 0.749. The van der Waals surface area contributed by atoms with Crippen LogP contribution >= 0.6 is 11.3 Å². The summed E-state index contributed by atoms with van der Waals surface area (Å²) >= 11 is 0.958. The van der Waals surface area contributed by atoms with Crippen LogP contribution in [0.1, 0.15) is 43.0 Å². The van der Waals surface area contributed by atoms with Gasteiger partial charge in [-0.25, -0.2) is 13.6 Å². The van der Waals surface area contributed by atoms with Crippen molar-refractivity contribution in [2.45, 2.75) is 36.8 Å². The van der Waals surface area contributed by atoms with E-state index in [1.54, 1.807) is 0 Å². The number of primary sulfonamides is 1. The van der Waals surface area contributed by atoms with Crippen molar-refractivity contribution in [3.05, 3.63) is 17.0 Å². The van der Waals surface area contributed by atoms with Gasteiger partial charge in [0.1, 0.15) is 4.21 Å². The topological polar surface area (TPSA) is 89.3 Å². The fraction of sp³-hybridized carbons (Fsp3) is 0.545. The molecule has 1 aromatic heterocycles. The monoisotopic (exact) mass is 290 g/mol. The molecule has 0 fully saturated rings. The maximum atomic E-state index is 11.7. The summed E-state index contributed by atoms with van der Waals surface area (Å²) in [6.07, 6.45) is 4.33. The molecular formula is C11H18N2O3S2. The molecule has 0 unspecified atom stereocenters. The lowest BCUT2D eigenvalue weighted by molar-refractivity contribution is 0.0953. The van der Waals surface area contributed by atoms with Crippen LogP contribution < -0.4 is 10.5 Å². The average Bonchev–Trinajstić information content (AvgIpc) is 2.77. The van der Waals surface area contributed by atoms with Crippen molar-refractivity contribution < 1.29 is 13.2 Å². The van der Waals surface area contributed by atoms with Gasteiger partial charge < -0.3 is 5.32 Å². The van der Waals surface area contributed by atoms with Gasteiger partial charge in [-0.15, -0.1) is 11.3 Å². The lowest BCUT2D eigenvalue weighted by atomic mass is 10.2. The normalized spacial score (nSPS) is 11.4. The molecule has 5 nitrogen and oxygen atoms in total. The highest BCUT2D eigenvalue weighted by Crippen LogP contribution is 2.18. The molecule has 1 heterocycles. The number of nitrogens with two attached hydrogens (primary N) is 1. The van der Waals surface area contributed by atoms with Gasteiger partial charge in [-0.05, 0) is 12.5 Å². The third-order valence-corrected chi connectivity index (χ3v) is 4.82. The predicted molar refractivity (Wildman–Crippen MR) is 72.2 cm³/mol. The van der Waals surface area contributed by atoms with Crippen molar-refractivity contribution in [1.29, 1.82) is 0 Å². The maximum absolute atomic E-state index is 11.7. The average molecular weight is 290 g/mol. The van der Waals surface area contributed by atoms with Gasteiger partial charge in [0.2, 0.25) is 10.0 Å². The zero-order valence-corrected chi connectivity index (χ0v) is 11.9. The Kier molecular flexibility index (Phi) is 5.77. The van der Waals surface area contributed by atoms with E-state index in [1.807, 2.05) is 0 Å². The fourth-order valence-electron chi connectivity index (χ4n) is 1.44. The van der Waals surface area contributed by atoms with Crippen molar-refractivity contribution >= 4 is 27.3 Å². The molecule has 3 N–H and O–H groups in total. The summed E-state index contributed by atoms with van der Waals surface area (Å²) in [5.74, 6) is -0.252. The van der Waals surface area contributed by atoms with Crippen LogP contribution in [0.3, 0.4) is 0 Å². The minimum absolute atomic E-state index is 0.0126. The smallest absolute Gasteiger partial charge is 0.252 e. The summed E-state index contributed by atoms with van der Waals surface area (Å²) in [4.78, 5) is 11.7. The molecule has 0 aliphatic rings. The summed E-state index contributed by atoms with van der Waals surface area (Å²) < 4.78 is 22.1. The fourth-order valence-corrected chi connectivity index (χ4v) is 3.03. The van der Waals surface area contributed by atoms with Gasteiger partial charge in [0.15, 0.2) is 0 Å². The Labute approximate surface area is 111 Å².